The molecule has 0 atom stereocenters. The van der Waals surface area contributed by atoms with E-state index < -0.39 is 0 Å². The molecule has 2 aromatic rings. The number of pyridine rings is 1. The Bertz CT molecular complexity index is 579. The molecule has 0 aliphatic rings. The summed E-state index contributed by atoms with van der Waals surface area (Å²) in [6.07, 6.45) is 0. The molecule has 1 aromatic heterocycles. The van der Waals surface area contributed by atoms with E-state index in [2.05, 4.69) is 29.0 Å². The molecule has 0 saturated heterocycles. The van der Waals surface area contributed by atoms with Crippen molar-refractivity contribution in [3.8, 4) is 28.8 Å². The van der Waals surface area contributed by atoms with Crippen LogP contribution in [0.25, 0.3) is 11.1 Å². The van der Waals surface area contributed by atoms with Crippen molar-refractivity contribution in [3.05, 3.63) is 48.2 Å². The largest absolute Gasteiger partial charge is 0.464 e. The van der Waals surface area contributed by atoms with Crippen molar-refractivity contribution >= 4 is 0 Å². The number of rotatable bonds is 3. The van der Waals surface area contributed by atoms with Crippen molar-refractivity contribution in [1.82, 2.24) is 4.98 Å². The fourth-order valence-corrected chi connectivity index (χ4v) is 1.69. The molecule has 0 saturated carbocycles. The minimum absolute atomic E-state index is 0.376. The third-order valence-corrected chi connectivity index (χ3v) is 2.51. The molecule has 0 aliphatic heterocycles. The van der Waals surface area contributed by atoms with Gasteiger partial charge in [0.05, 0.1) is 0 Å². The van der Waals surface area contributed by atoms with Crippen molar-refractivity contribution < 1.29 is 4.74 Å². The normalized spacial score (nSPS) is 9.44. The highest BCUT2D eigenvalue weighted by Crippen LogP contribution is 2.23. The Hall–Kier alpha value is -2.27. The van der Waals surface area contributed by atoms with Crippen molar-refractivity contribution in [2.75, 3.05) is 6.61 Å². The minimum atomic E-state index is 0.376. The van der Waals surface area contributed by atoms with E-state index in [1.165, 1.54) is 0 Å². The number of benzene rings is 1. The molecule has 0 fully saturated rings. The van der Waals surface area contributed by atoms with Crippen LogP contribution in [0, 0.1) is 18.8 Å². The Morgan fingerprint density at radius 1 is 1.11 bits per heavy atom. The smallest absolute Gasteiger partial charge is 0.215 e. The van der Waals surface area contributed by atoms with Gasteiger partial charge in [-0.05, 0) is 31.0 Å². The van der Waals surface area contributed by atoms with Gasteiger partial charge in [-0.1, -0.05) is 36.3 Å². The molecule has 2 heteroatoms. The van der Waals surface area contributed by atoms with Crippen molar-refractivity contribution in [2.45, 2.75) is 13.8 Å². The Morgan fingerprint density at radius 2 is 1.89 bits per heavy atom. The van der Waals surface area contributed by atoms with Gasteiger partial charge < -0.3 is 4.74 Å². The van der Waals surface area contributed by atoms with Crippen LogP contribution in [-0.2, 0) is 0 Å². The maximum absolute atomic E-state index is 5.50. The zero-order valence-electron chi connectivity index (χ0n) is 10.6. The summed E-state index contributed by atoms with van der Waals surface area (Å²) in [6, 6.07) is 14.2. The van der Waals surface area contributed by atoms with Gasteiger partial charge >= 0.3 is 0 Å². The van der Waals surface area contributed by atoms with Crippen LogP contribution in [0.2, 0.25) is 0 Å². The molecular weight excluding hydrogens is 222 g/mol. The second kappa shape index (κ2) is 5.88. The van der Waals surface area contributed by atoms with Gasteiger partial charge in [-0.3, -0.25) is 0 Å². The SMILES string of the molecule is CC#CCOc1cc(-c2ccccc2)cc(C)n1. The molecule has 1 heterocycles. The van der Waals surface area contributed by atoms with Crippen LogP contribution < -0.4 is 4.74 Å². The zero-order valence-corrected chi connectivity index (χ0v) is 10.6. The number of nitrogens with zero attached hydrogens (tertiary/aromatic N) is 1. The van der Waals surface area contributed by atoms with E-state index in [9.17, 15) is 0 Å². The van der Waals surface area contributed by atoms with Gasteiger partial charge in [0, 0.05) is 11.8 Å². The van der Waals surface area contributed by atoms with Crippen LogP contribution >= 0.6 is 0 Å². The molecule has 0 amide bonds. The number of hydrogen-bond donors (Lipinski definition) is 0. The predicted octanol–water partition coefficient (Wildman–Crippen LogP) is 3.46. The third kappa shape index (κ3) is 3.11. The summed E-state index contributed by atoms with van der Waals surface area (Å²) in [6.45, 7) is 4.13. The molecular formula is C16H15NO. The van der Waals surface area contributed by atoms with Crippen molar-refractivity contribution in [2.24, 2.45) is 0 Å². The lowest BCUT2D eigenvalue weighted by atomic mass is 10.1. The fraction of sp³-hybridized carbons (Fsp3) is 0.188. The summed E-state index contributed by atoms with van der Waals surface area (Å²) in [5.41, 5.74) is 3.22. The molecule has 0 N–H and O–H groups in total. The molecule has 1 aromatic carbocycles. The van der Waals surface area contributed by atoms with E-state index in [4.69, 9.17) is 4.74 Å². The highest BCUT2D eigenvalue weighted by atomic mass is 16.5. The molecule has 0 unspecified atom stereocenters. The van der Waals surface area contributed by atoms with Crippen LogP contribution in [-0.4, -0.2) is 11.6 Å². The third-order valence-electron chi connectivity index (χ3n) is 2.51. The first-order chi connectivity index (χ1) is 8.79. The molecule has 2 rings (SSSR count). The van der Waals surface area contributed by atoms with E-state index >= 15 is 0 Å². The summed E-state index contributed by atoms with van der Waals surface area (Å²) in [7, 11) is 0. The molecule has 0 bridgehead atoms. The summed E-state index contributed by atoms with van der Waals surface area (Å²) in [4.78, 5) is 4.34. The van der Waals surface area contributed by atoms with E-state index in [1.807, 2.05) is 37.3 Å². The first kappa shape index (κ1) is 12.2. The van der Waals surface area contributed by atoms with Gasteiger partial charge in [0.15, 0.2) is 6.61 Å². The predicted molar refractivity (Wildman–Crippen MR) is 73.4 cm³/mol. The van der Waals surface area contributed by atoms with Crippen LogP contribution in [0.15, 0.2) is 42.5 Å². The number of aromatic nitrogens is 1. The van der Waals surface area contributed by atoms with E-state index in [0.29, 0.717) is 12.5 Å². The Morgan fingerprint density at radius 3 is 2.61 bits per heavy atom. The van der Waals surface area contributed by atoms with Gasteiger partial charge in [-0.15, -0.1) is 5.92 Å². The van der Waals surface area contributed by atoms with Crippen molar-refractivity contribution in [1.29, 1.82) is 0 Å². The van der Waals surface area contributed by atoms with Gasteiger partial charge in [0.25, 0.3) is 0 Å². The standard InChI is InChI=1S/C16H15NO/c1-3-4-10-18-16-12-15(11-13(2)17-16)14-8-6-5-7-9-14/h5-9,11-12H,10H2,1-2H3. The fourth-order valence-electron chi connectivity index (χ4n) is 1.69. The molecule has 18 heavy (non-hydrogen) atoms. The molecule has 0 radical (unpaired) electrons. The lowest BCUT2D eigenvalue weighted by Crippen LogP contribution is -1.97. The number of aryl methyl sites for hydroxylation is 1. The summed E-state index contributed by atoms with van der Waals surface area (Å²) in [5, 5.41) is 0. The summed E-state index contributed by atoms with van der Waals surface area (Å²) < 4.78 is 5.50. The van der Waals surface area contributed by atoms with Crippen LogP contribution in [0.3, 0.4) is 0 Å². The van der Waals surface area contributed by atoms with Gasteiger partial charge in [0.1, 0.15) is 0 Å². The monoisotopic (exact) mass is 237 g/mol. The van der Waals surface area contributed by atoms with Crippen LogP contribution in [0.1, 0.15) is 12.6 Å². The Labute approximate surface area is 108 Å². The van der Waals surface area contributed by atoms with E-state index in [0.717, 1.165) is 16.8 Å². The van der Waals surface area contributed by atoms with E-state index in [1.54, 1.807) is 6.92 Å². The Kier molecular flexibility index (Phi) is 3.98. The highest BCUT2D eigenvalue weighted by Gasteiger charge is 2.02. The maximum atomic E-state index is 5.50. The summed E-state index contributed by atoms with van der Waals surface area (Å²) in [5.74, 6) is 6.28. The van der Waals surface area contributed by atoms with Crippen LogP contribution in [0.4, 0.5) is 0 Å². The van der Waals surface area contributed by atoms with Gasteiger partial charge in [0.2, 0.25) is 5.88 Å². The lowest BCUT2D eigenvalue weighted by molar-refractivity contribution is 0.355. The Balaban J connectivity index is 2.28. The number of ether oxygens (including phenoxy) is 1. The van der Waals surface area contributed by atoms with Gasteiger partial charge in [-0.2, -0.15) is 0 Å². The lowest BCUT2D eigenvalue weighted by Gasteiger charge is -2.07. The number of hydrogen-bond acceptors (Lipinski definition) is 2. The first-order valence-corrected chi connectivity index (χ1v) is 5.86. The maximum Gasteiger partial charge on any atom is 0.215 e. The second-order valence-corrected chi connectivity index (χ2v) is 3.92. The zero-order chi connectivity index (χ0) is 12.8. The van der Waals surface area contributed by atoms with Gasteiger partial charge in [-0.25, -0.2) is 4.98 Å². The average Bonchev–Trinajstić information content (AvgIpc) is 2.39. The van der Waals surface area contributed by atoms with E-state index in [-0.39, 0.29) is 0 Å². The second-order valence-electron chi connectivity index (χ2n) is 3.92. The molecule has 0 spiro atoms. The van der Waals surface area contributed by atoms with Crippen LogP contribution in [0.5, 0.6) is 5.88 Å². The quantitative estimate of drug-likeness (QED) is 0.763. The topological polar surface area (TPSA) is 22.1 Å². The average molecular weight is 237 g/mol. The molecule has 2 nitrogen and oxygen atoms in total. The van der Waals surface area contributed by atoms with Crippen molar-refractivity contribution in [3.63, 3.8) is 0 Å². The highest BCUT2D eigenvalue weighted by molar-refractivity contribution is 5.64. The summed E-state index contributed by atoms with van der Waals surface area (Å²) >= 11 is 0. The molecule has 90 valence electrons. The first-order valence-electron chi connectivity index (χ1n) is 5.86. The minimum Gasteiger partial charge on any atom is -0.464 e. The molecule has 0 aliphatic carbocycles.